The summed E-state index contributed by atoms with van der Waals surface area (Å²) in [5.41, 5.74) is 1.09. The lowest BCUT2D eigenvalue weighted by Crippen LogP contribution is -2.22. The van der Waals surface area contributed by atoms with Crippen molar-refractivity contribution in [1.29, 1.82) is 0 Å². The van der Waals surface area contributed by atoms with E-state index in [1.54, 1.807) is 18.2 Å². The Morgan fingerprint density at radius 3 is 2.20 bits per heavy atom. The van der Waals surface area contributed by atoms with E-state index in [1.807, 2.05) is 37.4 Å². The average Bonchev–Trinajstić information content (AvgIpc) is 2.45. The number of nitrogens with one attached hydrogen (secondary N) is 1. The zero-order valence-electron chi connectivity index (χ0n) is 11.0. The van der Waals surface area contributed by atoms with E-state index >= 15 is 0 Å². The first-order chi connectivity index (χ1) is 9.63. The molecule has 20 heavy (non-hydrogen) atoms. The van der Waals surface area contributed by atoms with Gasteiger partial charge >= 0.3 is 0 Å². The van der Waals surface area contributed by atoms with Gasteiger partial charge in [0, 0.05) is 11.8 Å². The van der Waals surface area contributed by atoms with Gasteiger partial charge in [-0.25, -0.2) is 0 Å². The quantitative estimate of drug-likeness (QED) is 0.897. The molecule has 0 saturated heterocycles. The van der Waals surface area contributed by atoms with Crippen LogP contribution in [-0.2, 0) is 10.8 Å². The highest BCUT2D eigenvalue weighted by molar-refractivity contribution is 7.85. The molecule has 2 unspecified atom stereocenters. The molecule has 2 rings (SSSR count). The van der Waals surface area contributed by atoms with Crippen LogP contribution in [0.3, 0.4) is 0 Å². The van der Waals surface area contributed by atoms with Crippen LogP contribution >= 0.6 is 23.2 Å². The molecule has 0 amide bonds. The Kier molecular flexibility index (Phi) is 5.61. The lowest BCUT2D eigenvalue weighted by atomic mass is 10.1. The number of halogens is 2. The predicted molar refractivity (Wildman–Crippen MR) is 86.0 cm³/mol. The van der Waals surface area contributed by atoms with Gasteiger partial charge in [-0.05, 0) is 24.7 Å². The molecule has 0 aliphatic carbocycles. The van der Waals surface area contributed by atoms with Gasteiger partial charge in [-0.15, -0.1) is 0 Å². The predicted octanol–water partition coefficient (Wildman–Crippen LogP) is 4.06. The molecule has 0 bridgehead atoms. The lowest BCUT2D eigenvalue weighted by Gasteiger charge is -2.17. The van der Waals surface area contributed by atoms with Crippen LogP contribution in [-0.4, -0.2) is 17.0 Å². The Hall–Kier alpha value is -0.870. The third-order valence-electron chi connectivity index (χ3n) is 3.02. The fourth-order valence-corrected chi connectivity index (χ4v) is 4.28. The molecule has 1 N–H and O–H groups in total. The summed E-state index contributed by atoms with van der Waals surface area (Å²) in [4.78, 5) is 0.506. The van der Waals surface area contributed by atoms with Crippen LogP contribution in [0.15, 0.2) is 53.4 Å². The van der Waals surface area contributed by atoms with Gasteiger partial charge in [0.05, 0.1) is 25.7 Å². The maximum atomic E-state index is 12.5. The first kappa shape index (κ1) is 15.5. The van der Waals surface area contributed by atoms with Gasteiger partial charge in [0.15, 0.2) is 0 Å². The van der Waals surface area contributed by atoms with Crippen molar-refractivity contribution in [2.45, 2.75) is 10.9 Å². The highest BCUT2D eigenvalue weighted by Gasteiger charge is 2.18. The third-order valence-corrected chi connectivity index (χ3v) is 5.40. The molecule has 0 saturated carbocycles. The molecule has 0 spiro atoms. The minimum absolute atomic E-state index is 0.00984. The number of benzene rings is 2. The van der Waals surface area contributed by atoms with Gasteiger partial charge < -0.3 is 5.32 Å². The SMILES string of the molecule is CNC(CS(=O)c1c(Cl)cccc1Cl)c1ccccc1. The summed E-state index contributed by atoms with van der Waals surface area (Å²) in [6.07, 6.45) is 0. The summed E-state index contributed by atoms with van der Waals surface area (Å²) in [6.45, 7) is 0. The van der Waals surface area contributed by atoms with Gasteiger partial charge in [-0.3, -0.25) is 4.21 Å². The zero-order valence-corrected chi connectivity index (χ0v) is 13.3. The van der Waals surface area contributed by atoms with Crippen molar-refractivity contribution >= 4 is 34.0 Å². The normalized spacial score (nSPS) is 13.9. The molecule has 0 fully saturated rings. The fraction of sp³-hybridized carbons (Fsp3) is 0.200. The smallest absolute Gasteiger partial charge is 0.0761 e. The van der Waals surface area contributed by atoms with E-state index in [0.29, 0.717) is 20.7 Å². The largest absolute Gasteiger partial charge is 0.312 e. The van der Waals surface area contributed by atoms with E-state index in [9.17, 15) is 4.21 Å². The highest BCUT2D eigenvalue weighted by Crippen LogP contribution is 2.29. The molecule has 2 aromatic carbocycles. The molecular weight excluding hydrogens is 313 g/mol. The summed E-state index contributed by atoms with van der Waals surface area (Å²) in [5, 5.41) is 4.07. The molecule has 106 valence electrons. The van der Waals surface area contributed by atoms with Crippen LogP contribution < -0.4 is 5.32 Å². The van der Waals surface area contributed by atoms with Crippen LogP contribution in [0.4, 0.5) is 0 Å². The maximum Gasteiger partial charge on any atom is 0.0761 e. The zero-order chi connectivity index (χ0) is 14.5. The fourth-order valence-electron chi connectivity index (χ4n) is 1.97. The summed E-state index contributed by atoms with van der Waals surface area (Å²) >= 11 is 12.2. The average molecular weight is 328 g/mol. The monoisotopic (exact) mass is 327 g/mol. The van der Waals surface area contributed by atoms with Crippen LogP contribution in [0.25, 0.3) is 0 Å². The molecule has 0 radical (unpaired) electrons. The Balaban J connectivity index is 2.22. The standard InChI is InChI=1S/C15H15Cl2NOS/c1-18-14(11-6-3-2-4-7-11)10-20(19)15-12(16)8-5-9-13(15)17/h2-9,14,18H,10H2,1H3. The van der Waals surface area contributed by atoms with E-state index < -0.39 is 10.8 Å². The second-order valence-electron chi connectivity index (χ2n) is 4.31. The van der Waals surface area contributed by atoms with Gasteiger partial charge in [0.1, 0.15) is 0 Å². The van der Waals surface area contributed by atoms with Gasteiger partial charge in [-0.1, -0.05) is 59.6 Å². The van der Waals surface area contributed by atoms with Crippen molar-refractivity contribution in [2.75, 3.05) is 12.8 Å². The lowest BCUT2D eigenvalue weighted by molar-refractivity contribution is 0.636. The number of hydrogen-bond acceptors (Lipinski definition) is 2. The van der Waals surface area contributed by atoms with Crippen molar-refractivity contribution in [2.24, 2.45) is 0 Å². The summed E-state index contributed by atoms with van der Waals surface area (Å²) < 4.78 is 12.5. The van der Waals surface area contributed by atoms with Gasteiger partial charge in [-0.2, -0.15) is 0 Å². The third kappa shape index (κ3) is 3.61. The first-order valence-electron chi connectivity index (χ1n) is 6.18. The summed E-state index contributed by atoms with van der Waals surface area (Å²) in [6, 6.07) is 15.0. The molecule has 0 aromatic heterocycles. The van der Waals surface area contributed by atoms with Crippen molar-refractivity contribution in [3.05, 3.63) is 64.1 Å². The Morgan fingerprint density at radius 1 is 1.05 bits per heavy atom. The molecule has 0 aliphatic heterocycles. The maximum absolute atomic E-state index is 12.5. The Morgan fingerprint density at radius 2 is 1.65 bits per heavy atom. The van der Waals surface area contributed by atoms with Crippen molar-refractivity contribution in [3.8, 4) is 0 Å². The van der Waals surface area contributed by atoms with E-state index in [4.69, 9.17) is 23.2 Å². The van der Waals surface area contributed by atoms with Crippen molar-refractivity contribution < 1.29 is 4.21 Å². The van der Waals surface area contributed by atoms with Crippen LogP contribution in [0.1, 0.15) is 11.6 Å². The molecule has 0 aliphatic rings. The Bertz CT molecular complexity index is 584. The van der Waals surface area contributed by atoms with E-state index in [0.717, 1.165) is 5.56 Å². The van der Waals surface area contributed by atoms with E-state index in [2.05, 4.69) is 5.32 Å². The van der Waals surface area contributed by atoms with E-state index in [1.165, 1.54) is 0 Å². The number of hydrogen-bond donors (Lipinski definition) is 1. The Labute approximate surface area is 131 Å². The molecule has 2 atom stereocenters. The second kappa shape index (κ2) is 7.23. The molecule has 5 heteroatoms. The summed E-state index contributed by atoms with van der Waals surface area (Å²) in [5.74, 6) is 0.421. The van der Waals surface area contributed by atoms with Gasteiger partial charge in [0.25, 0.3) is 0 Å². The van der Waals surface area contributed by atoms with E-state index in [-0.39, 0.29) is 6.04 Å². The first-order valence-corrected chi connectivity index (χ1v) is 8.25. The molecule has 2 aromatic rings. The van der Waals surface area contributed by atoms with Crippen LogP contribution in [0.5, 0.6) is 0 Å². The highest BCUT2D eigenvalue weighted by atomic mass is 35.5. The van der Waals surface area contributed by atoms with Gasteiger partial charge in [0.2, 0.25) is 0 Å². The summed E-state index contributed by atoms with van der Waals surface area (Å²) in [7, 11) is 0.587. The number of rotatable bonds is 5. The molecular formula is C15H15Cl2NOS. The second-order valence-corrected chi connectivity index (χ2v) is 6.56. The minimum atomic E-state index is -1.26. The van der Waals surface area contributed by atoms with Crippen molar-refractivity contribution in [1.82, 2.24) is 5.32 Å². The van der Waals surface area contributed by atoms with Crippen molar-refractivity contribution in [3.63, 3.8) is 0 Å². The molecule has 2 nitrogen and oxygen atoms in total. The molecule has 0 heterocycles. The van der Waals surface area contributed by atoms with Crippen LogP contribution in [0.2, 0.25) is 10.0 Å². The van der Waals surface area contributed by atoms with Crippen LogP contribution in [0, 0.1) is 0 Å². The topological polar surface area (TPSA) is 29.1 Å². The minimum Gasteiger partial charge on any atom is -0.312 e.